The summed E-state index contributed by atoms with van der Waals surface area (Å²) in [5.41, 5.74) is 4.01. The van der Waals surface area contributed by atoms with Crippen LogP contribution in [0.4, 0.5) is 4.39 Å². The van der Waals surface area contributed by atoms with Crippen LogP contribution in [0.3, 0.4) is 0 Å². The second kappa shape index (κ2) is 7.06. The average Bonchev–Trinajstić information content (AvgIpc) is 2.53. The zero-order valence-electron chi connectivity index (χ0n) is 12.1. The van der Waals surface area contributed by atoms with E-state index in [2.05, 4.69) is 5.43 Å². The van der Waals surface area contributed by atoms with Crippen molar-refractivity contribution in [2.75, 3.05) is 14.2 Å². The zero-order chi connectivity index (χ0) is 15.2. The highest BCUT2D eigenvalue weighted by atomic mass is 19.1. The van der Waals surface area contributed by atoms with E-state index in [4.69, 9.17) is 15.3 Å². The highest BCUT2D eigenvalue weighted by Gasteiger charge is 2.21. The Balaban J connectivity index is 2.37. The molecule has 1 unspecified atom stereocenters. The molecule has 112 valence electrons. The Morgan fingerprint density at radius 2 is 1.71 bits per heavy atom. The maximum atomic E-state index is 14.2. The minimum absolute atomic E-state index is 0.354. The van der Waals surface area contributed by atoms with Crippen molar-refractivity contribution in [2.24, 2.45) is 5.84 Å². The minimum Gasteiger partial charge on any atom is -0.496 e. The molecule has 0 aliphatic rings. The molecule has 0 bridgehead atoms. The van der Waals surface area contributed by atoms with Crippen LogP contribution in [0.2, 0.25) is 0 Å². The van der Waals surface area contributed by atoms with Gasteiger partial charge in [-0.1, -0.05) is 24.3 Å². The fourth-order valence-electron chi connectivity index (χ4n) is 2.37. The Bertz CT molecular complexity index is 605. The van der Waals surface area contributed by atoms with Gasteiger partial charge in [-0.15, -0.1) is 0 Å². The minimum atomic E-state index is -0.419. The molecular formula is C16H19FN2O2. The molecule has 21 heavy (non-hydrogen) atoms. The molecule has 0 fully saturated rings. The van der Waals surface area contributed by atoms with Gasteiger partial charge in [0.2, 0.25) is 0 Å². The third kappa shape index (κ3) is 3.32. The fraction of sp³-hybridized carbons (Fsp3) is 0.250. The van der Waals surface area contributed by atoms with Crippen molar-refractivity contribution < 1.29 is 13.9 Å². The molecule has 2 aromatic carbocycles. The normalized spacial score (nSPS) is 12.0. The Labute approximate surface area is 123 Å². The zero-order valence-corrected chi connectivity index (χ0v) is 12.1. The highest BCUT2D eigenvalue weighted by molar-refractivity contribution is 5.40. The number of benzene rings is 2. The second-order valence-corrected chi connectivity index (χ2v) is 4.59. The van der Waals surface area contributed by atoms with Crippen molar-refractivity contribution in [3.8, 4) is 11.5 Å². The van der Waals surface area contributed by atoms with E-state index < -0.39 is 6.04 Å². The van der Waals surface area contributed by atoms with Gasteiger partial charge in [0, 0.05) is 5.56 Å². The third-order valence-electron chi connectivity index (χ3n) is 3.40. The number of hydrogen-bond donors (Lipinski definition) is 2. The van der Waals surface area contributed by atoms with Crippen LogP contribution in [-0.2, 0) is 6.42 Å². The van der Waals surface area contributed by atoms with Gasteiger partial charge in [0.1, 0.15) is 17.3 Å². The highest BCUT2D eigenvalue weighted by Crippen LogP contribution is 2.31. The van der Waals surface area contributed by atoms with Crippen LogP contribution < -0.4 is 20.7 Å². The molecule has 3 N–H and O–H groups in total. The number of nitrogens with two attached hydrogens (primary N) is 1. The van der Waals surface area contributed by atoms with E-state index in [1.165, 1.54) is 13.2 Å². The van der Waals surface area contributed by atoms with E-state index >= 15 is 0 Å². The third-order valence-corrected chi connectivity index (χ3v) is 3.40. The van der Waals surface area contributed by atoms with Gasteiger partial charge < -0.3 is 9.47 Å². The molecule has 0 saturated carbocycles. The lowest BCUT2D eigenvalue weighted by molar-refractivity contribution is 0.385. The monoisotopic (exact) mass is 290 g/mol. The smallest absolute Gasteiger partial charge is 0.131 e. The van der Waals surface area contributed by atoms with Crippen molar-refractivity contribution in [2.45, 2.75) is 12.5 Å². The first-order chi connectivity index (χ1) is 10.2. The Morgan fingerprint density at radius 1 is 1.05 bits per heavy atom. The number of ether oxygens (including phenoxy) is 2. The molecule has 0 amide bonds. The summed E-state index contributed by atoms with van der Waals surface area (Å²) in [5.74, 6) is 6.48. The molecule has 0 radical (unpaired) electrons. The Hall–Kier alpha value is -2.11. The van der Waals surface area contributed by atoms with Gasteiger partial charge in [0.15, 0.2) is 0 Å². The molecule has 2 aromatic rings. The summed E-state index contributed by atoms with van der Waals surface area (Å²) in [6.45, 7) is 0. The van der Waals surface area contributed by atoms with Gasteiger partial charge in [-0.05, 0) is 30.2 Å². The molecule has 0 spiro atoms. The summed E-state index contributed by atoms with van der Waals surface area (Å²) in [6, 6.07) is 11.9. The molecular weight excluding hydrogens is 271 g/mol. The van der Waals surface area contributed by atoms with E-state index in [9.17, 15) is 4.39 Å². The fourth-order valence-corrected chi connectivity index (χ4v) is 2.37. The van der Waals surface area contributed by atoms with Crippen molar-refractivity contribution in [1.29, 1.82) is 0 Å². The molecule has 0 aliphatic heterocycles. The topological polar surface area (TPSA) is 56.5 Å². The standard InChI is InChI=1S/C16H19FN2O2/c1-20-14-8-4-3-6-11(14)10-13(19-18)16-12(17)7-5-9-15(16)21-2/h3-9,13,19H,10,18H2,1-2H3. The first kappa shape index (κ1) is 15.3. The van der Waals surface area contributed by atoms with E-state index in [1.807, 2.05) is 24.3 Å². The first-order valence-corrected chi connectivity index (χ1v) is 6.61. The van der Waals surface area contributed by atoms with Crippen LogP contribution in [0.15, 0.2) is 42.5 Å². The van der Waals surface area contributed by atoms with Crippen LogP contribution >= 0.6 is 0 Å². The Kier molecular flexibility index (Phi) is 5.14. The summed E-state index contributed by atoms with van der Waals surface area (Å²) in [5, 5.41) is 0. The van der Waals surface area contributed by atoms with Crippen molar-refractivity contribution >= 4 is 0 Å². The number of para-hydroxylation sites is 1. The summed E-state index contributed by atoms with van der Waals surface area (Å²) < 4.78 is 24.7. The summed E-state index contributed by atoms with van der Waals surface area (Å²) in [6.07, 6.45) is 0.484. The first-order valence-electron chi connectivity index (χ1n) is 6.61. The molecule has 4 nitrogen and oxygen atoms in total. The number of nitrogens with one attached hydrogen (secondary N) is 1. The molecule has 0 aromatic heterocycles. The van der Waals surface area contributed by atoms with Crippen LogP contribution in [0, 0.1) is 5.82 Å². The quantitative estimate of drug-likeness (QED) is 0.634. The number of hydrogen-bond acceptors (Lipinski definition) is 4. The van der Waals surface area contributed by atoms with Crippen molar-refractivity contribution in [1.82, 2.24) is 5.43 Å². The van der Waals surface area contributed by atoms with Crippen molar-refractivity contribution in [3.05, 3.63) is 59.4 Å². The van der Waals surface area contributed by atoms with Crippen LogP contribution in [0.5, 0.6) is 11.5 Å². The molecule has 0 aliphatic carbocycles. The lowest BCUT2D eigenvalue weighted by Gasteiger charge is -2.20. The van der Waals surface area contributed by atoms with E-state index in [0.29, 0.717) is 17.7 Å². The lowest BCUT2D eigenvalue weighted by Crippen LogP contribution is -2.30. The lowest BCUT2D eigenvalue weighted by atomic mass is 9.97. The average molecular weight is 290 g/mol. The van der Waals surface area contributed by atoms with Crippen molar-refractivity contribution in [3.63, 3.8) is 0 Å². The van der Waals surface area contributed by atoms with Gasteiger partial charge in [-0.3, -0.25) is 11.3 Å². The molecule has 2 rings (SSSR count). The SMILES string of the molecule is COc1ccccc1CC(NN)c1c(F)cccc1OC. The largest absolute Gasteiger partial charge is 0.496 e. The number of rotatable bonds is 6. The van der Waals surface area contributed by atoms with E-state index in [1.54, 1.807) is 19.2 Å². The van der Waals surface area contributed by atoms with Gasteiger partial charge >= 0.3 is 0 Å². The second-order valence-electron chi connectivity index (χ2n) is 4.59. The van der Waals surface area contributed by atoms with E-state index in [0.717, 1.165) is 11.3 Å². The van der Waals surface area contributed by atoms with E-state index in [-0.39, 0.29) is 5.82 Å². The van der Waals surface area contributed by atoms with Gasteiger partial charge in [0.05, 0.1) is 20.3 Å². The summed E-state index contributed by atoms with van der Waals surface area (Å²) in [4.78, 5) is 0. The molecule has 5 heteroatoms. The molecule has 0 heterocycles. The maximum absolute atomic E-state index is 14.2. The predicted octanol–water partition coefficient (Wildman–Crippen LogP) is 2.59. The van der Waals surface area contributed by atoms with Gasteiger partial charge in [0.25, 0.3) is 0 Å². The number of methoxy groups -OCH3 is 2. The van der Waals surface area contributed by atoms with Crippen LogP contribution in [0.25, 0.3) is 0 Å². The number of hydrazine groups is 1. The number of halogens is 1. The van der Waals surface area contributed by atoms with Crippen LogP contribution in [-0.4, -0.2) is 14.2 Å². The van der Waals surface area contributed by atoms with Gasteiger partial charge in [-0.2, -0.15) is 0 Å². The molecule has 1 atom stereocenters. The predicted molar refractivity (Wildman–Crippen MR) is 79.7 cm³/mol. The van der Waals surface area contributed by atoms with Crippen LogP contribution in [0.1, 0.15) is 17.2 Å². The summed E-state index contributed by atoms with van der Waals surface area (Å²) in [7, 11) is 3.11. The van der Waals surface area contributed by atoms with Gasteiger partial charge in [-0.25, -0.2) is 4.39 Å². The maximum Gasteiger partial charge on any atom is 0.131 e. The Morgan fingerprint density at radius 3 is 2.38 bits per heavy atom. The molecule has 0 saturated heterocycles. The summed E-state index contributed by atoms with van der Waals surface area (Å²) >= 11 is 0.